The van der Waals surface area contributed by atoms with Gasteiger partial charge in [0.2, 0.25) is 0 Å². The fourth-order valence-electron chi connectivity index (χ4n) is 4.75. The third-order valence-electron chi connectivity index (χ3n) is 6.39. The predicted molar refractivity (Wildman–Crippen MR) is 119 cm³/mol. The molecule has 3 heterocycles. The van der Waals surface area contributed by atoms with Crippen LogP contribution in [0.1, 0.15) is 35.7 Å². The first-order chi connectivity index (χ1) is 15.1. The second kappa shape index (κ2) is 8.15. The Kier molecular flexibility index (Phi) is 5.19. The summed E-state index contributed by atoms with van der Waals surface area (Å²) in [5.74, 6) is -0.00257. The second-order valence-corrected chi connectivity index (χ2v) is 8.46. The van der Waals surface area contributed by atoms with E-state index in [0.717, 1.165) is 35.8 Å². The number of carbonyl (C=O) groups is 1. The second-order valence-electron chi connectivity index (χ2n) is 8.46. The van der Waals surface area contributed by atoms with Crippen molar-refractivity contribution in [2.75, 3.05) is 31.1 Å². The minimum atomic E-state index is -0.352. The summed E-state index contributed by atoms with van der Waals surface area (Å²) in [5, 5.41) is 16.2. The highest BCUT2D eigenvalue weighted by Crippen LogP contribution is 2.25. The molecule has 1 N–H and O–H groups in total. The monoisotopic (exact) mass is 418 g/mol. The minimum absolute atomic E-state index is 0.00257. The first-order valence-electron chi connectivity index (χ1n) is 10.9. The van der Waals surface area contributed by atoms with Gasteiger partial charge in [-0.15, -0.1) is 0 Å². The lowest BCUT2D eigenvalue weighted by Crippen LogP contribution is -2.43. The van der Waals surface area contributed by atoms with E-state index in [4.69, 9.17) is 0 Å². The van der Waals surface area contributed by atoms with Gasteiger partial charge in [-0.1, -0.05) is 36.4 Å². The van der Waals surface area contributed by atoms with Crippen molar-refractivity contribution in [1.82, 2.24) is 14.7 Å². The Balaban J connectivity index is 1.37. The highest BCUT2D eigenvalue weighted by atomic mass is 16.3. The van der Waals surface area contributed by atoms with E-state index < -0.39 is 0 Å². The number of likely N-dealkylation sites (tertiary alicyclic amines) is 1. The van der Waals surface area contributed by atoms with Gasteiger partial charge in [-0.2, -0.15) is 5.10 Å². The number of aromatic nitrogens is 2. The fourth-order valence-corrected chi connectivity index (χ4v) is 4.75. The maximum atomic E-state index is 13.3. The van der Waals surface area contributed by atoms with Gasteiger partial charge in [-0.25, -0.2) is 4.68 Å². The number of rotatable bonds is 3. The zero-order valence-corrected chi connectivity index (χ0v) is 17.4. The molecule has 2 aromatic carbocycles. The summed E-state index contributed by atoms with van der Waals surface area (Å²) in [5.41, 5.74) is 1.28. The molecular weight excluding hydrogens is 392 g/mol. The predicted octanol–water partition coefficient (Wildman–Crippen LogP) is 2.44. The first-order valence-corrected chi connectivity index (χ1v) is 10.9. The summed E-state index contributed by atoms with van der Waals surface area (Å²) in [6.07, 6.45) is 3.69. The normalized spacial score (nSPS) is 21.6. The third-order valence-corrected chi connectivity index (χ3v) is 6.39. The van der Waals surface area contributed by atoms with Crippen LogP contribution in [0.15, 0.2) is 59.5 Å². The van der Waals surface area contributed by atoms with E-state index in [1.165, 1.54) is 4.68 Å². The van der Waals surface area contributed by atoms with Crippen LogP contribution in [0.25, 0.3) is 10.8 Å². The van der Waals surface area contributed by atoms with Crippen molar-refractivity contribution in [3.8, 4) is 0 Å². The zero-order valence-electron chi connectivity index (χ0n) is 17.4. The number of anilines is 1. The Morgan fingerprint density at radius 1 is 1.03 bits per heavy atom. The summed E-state index contributed by atoms with van der Waals surface area (Å²) in [4.78, 5) is 30.0. The lowest BCUT2D eigenvalue weighted by atomic mass is 10.0. The molecule has 2 saturated heterocycles. The Bertz CT molecular complexity index is 1170. The van der Waals surface area contributed by atoms with Crippen molar-refractivity contribution >= 4 is 22.4 Å². The van der Waals surface area contributed by atoms with E-state index >= 15 is 0 Å². The molecule has 1 amide bonds. The standard InChI is InChI=1S/C24H26N4O3/c29-20-10-12-26(16-20)19-13-23(30)28(25-14-19)18-7-4-11-27(15-18)24(31)22-9-3-6-17-5-1-2-8-21(17)22/h1-3,5-6,8-9,13-14,18,20,29H,4,7,10-12,15-16H2/t18?,20-/m0/s1. The van der Waals surface area contributed by atoms with E-state index in [0.29, 0.717) is 31.6 Å². The number of hydrogen-bond acceptors (Lipinski definition) is 5. The van der Waals surface area contributed by atoms with Gasteiger partial charge in [0, 0.05) is 37.8 Å². The van der Waals surface area contributed by atoms with E-state index in [1.54, 1.807) is 12.3 Å². The molecule has 1 aromatic heterocycles. The summed E-state index contributed by atoms with van der Waals surface area (Å²) in [6, 6.07) is 15.2. The van der Waals surface area contributed by atoms with Gasteiger partial charge in [-0.05, 0) is 36.1 Å². The van der Waals surface area contributed by atoms with Gasteiger partial charge in [0.25, 0.3) is 11.5 Å². The third kappa shape index (κ3) is 3.81. The van der Waals surface area contributed by atoms with Crippen molar-refractivity contribution < 1.29 is 9.90 Å². The molecule has 0 bridgehead atoms. The van der Waals surface area contributed by atoms with Gasteiger partial charge >= 0.3 is 0 Å². The number of aliphatic hydroxyl groups excluding tert-OH is 1. The topological polar surface area (TPSA) is 78.7 Å². The summed E-state index contributed by atoms with van der Waals surface area (Å²) in [7, 11) is 0. The van der Waals surface area contributed by atoms with Crippen LogP contribution in [0.2, 0.25) is 0 Å². The minimum Gasteiger partial charge on any atom is -0.391 e. The Labute approximate surface area is 180 Å². The van der Waals surface area contributed by atoms with Crippen molar-refractivity contribution in [1.29, 1.82) is 0 Å². The molecule has 7 nitrogen and oxygen atoms in total. The lowest BCUT2D eigenvalue weighted by Gasteiger charge is -2.33. The number of amides is 1. The fraction of sp³-hybridized carbons (Fsp3) is 0.375. The van der Waals surface area contributed by atoms with Crippen LogP contribution in [0.5, 0.6) is 0 Å². The summed E-state index contributed by atoms with van der Waals surface area (Å²) in [6.45, 7) is 2.40. The average Bonchev–Trinajstić information content (AvgIpc) is 3.24. The van der Waals surface area contributed by atoms with Gasteiger partial charge in [0.05, 0.1) is 24.0 Å². The van der Waals surface area contributed by atoms with Gasteiger partial charge in [-0.3, -0.25) is 9.59 Å². The van der Waals surface area contributed by atoms with Crippen molar-refractivity contribution in [2.24, 2.45) is 0 Å². The Morgan fingerprint density at radius 3 is 2.68 bits per heavy atom. The van der Waals surface area contributed by atoms with E-state index in [2.05, 4.69) is 5.10 Å². The SMILES string of the molecule is O=C(c1cccc2ccccc12)N1CCCC(n2ncc(N3CC[C@H](O)C3)cc2=O)C1. The molecule has 2 fully saturated rings. The Morgan fingerprint density at radius 2 is 1.87 bits per heavy atom. The van der Waals surface area contributed by atoms with Gasteiger partial charge in [0.1, 0.15) is 0 Å². The molecule has 0 aliphatic carbocycles. The van der Waals surface area contributed by atoms with E-state index in [9.17, 15) is 14.7 Å². The van der Waals surface area contributed by atoms with Crippen LogP contribution in [0.4, 0.5) is 5.69 Å². The average molecular weight is 418 g/mol. The van der Waals surface area contributed by atoms with Crippen molar-refractivity contribution in [2.45, 2.75) is 31.4 Å². The number of fused-ring (bicyclic) bond motifs is 1. The summed E-state index contributed by atoms with van der Waals surface area (Å²) < 4.78 is 1.51. The number of nitrogens with zero attached hydrogens (tertiary/aromatic N) is 4. The van der Waals surface area contributed by atoms with Crippen LogP contribution in [-0.2, 0) is 0 Å². The molecule has 3 aromatic rings. The number of β-amino-alcohol motifs (C(OH)–C–C–N with tert-alkyl or cyclic N) is 1. The largest absolute Gasteiger partial charge is 0.391 e. The molecule has 31 heavy (non-hydrogen) atoms. The molecule has 5 rings (SSSR count). The van der Waals surface area contributed by atoms with Crippen LogP contribution in [0, 0.1) is 0 Å². The molecular formula is C24H26N4O3. The number of benzene rings is 2. The maximum Gasteiger partial charge on any atom is 0.269 e. The quantitative estimate of drug-likeness (QED) is 0.707. The Hall–Kier alpha value is -3.19. The number of aliphatic hydroxyl groups is 1. The lowest BCUT2D eigenvalue weighted by molar-refractivity contribution is 0.0672. The molecule has 1 unspecified atom stereocenters. The molecule has 0 saturated carbocycles. The van der Waals surface area contributed by atoms with Crippen molar-refractivity contribution in [3.05, 3.63) is 70.6 Å². The van der Waals surface area contributed by atoms with Gasteiger partial charge in [0.15, 0.2) is 0 Å². The van der Waals surface area contributed by atoms with E-state index in [1.807, 2.05) is 52.3 Å². The number of hydrogen-bond donors (Lipinski definition) is 1. The number of carbonyl (C=O) groups excluding carboxylic acids is 1. The molecule has 2 aliphatic heterocycles. The molecule has 160 valence electrons. The van der Waals surface area contributed by atoms with Crippen LogP contribution < -0.4 is 10.5 Å². The first kappa shape index (κ1) is 19.8. The molecule has 0 spiro atoms. The van der Waals surface area contributed by atoms with Gasteiger partial charge < -0.3 is 14.9 Å². The maximum absolute atomic E-state index is 13.3. The van der Waals surface area contributed by atoms with Crippen molar-refractivity contribution in [3.63, 3.8) is 0 Å². The molecule has 0 radical (unpaired) electrons. The van der Waals surface area contributed by atoms with Crippen LogP contribution in [-0.4, -0.2) is 58.0 Å². The highest BCUT2D eigenvalue weighted by molar-refractivity contribution is 6.07. The van der Waals surface area contributed by atoms with Crippen LogP contribution >= 0.6 is 0 Å². The highest BCUT2D eigenvalue weighted by Gasteiger charge is 2.28. The molecule has 2 aliphatic rings. The van der Waals surface area contributed by atoms with E-state index in [-0.39, 0.29) is 23.6 Å². The molecule has 7 heteroatoms. The zero-order chi connectivity index (χ0) is 21.4. The number of piperidine rings is 1. The summed E-state index contributed by atoms with van der Waals surface area (Å²) >= 11 is 0. The van der Waals surface area contributed by atoms with Crippen LogP contribution in [0.3, 0.4) is 0 Å². The molecule has 2 atom stereocenters. The smallest absolute Gasteiger partial charge is 0.269 e.